The predicted octanol–water partition coefficient (Wildman–Crippen LogP) is 0.869. The van der Waals surface area contributed by atoms with E-state index in [4.69, 9.17) is 5.73 Å². The molecule has 0 radical (unpaired) electrons. The van der Waals surface area contributed by atoms with Gasteiger partial charge in [-0.05, 0) is 12.7 Å². The summed E-state index contributed by atoms with van der Waals surface area (Å²) in [6.07, 6.45) is 4.32. The maximum absolute atomic E-state index is 5.49. The molecule has 0 aromatic carbocycles. The van der Waals surface area contributed by atoms with Gasteiger partial charge < -0.3 is 5.73 Å². The summed E-state index contributed by atoms with van der Waals surface area (Å²) in [5, 5.41) is 0.720. The minimum absolute atomic E-state index is 0.720. The van der Waals surface area contributed by atoms with E-state index in [9.17, 15) is 0 Å². The number of amidine groups is 1. The Morgan fingerprint density at radius 1 is 1.78 bits per heavy atom. The SMILES string of the molecule is CSC1CCC(N)=NC1. The Morgan fingerprint density at radius 3 is 3.00 bits per heavy atom. The highest BCUT2D eigenvalue weighted by molar-refractivity contribution is 7.99. The number of hydrogen-bond acceptors (Lipinski definition) is 3. The van der Waals surface area contributed by atoms with Crippen LogP contribution in [0.4, 0.5) is 0 Å². The molecule has 1 heterocycles. The van der Waals surface area contributed by atoms with Crippen molar-refractivity contribution in [1.29, 1.82) is 0 Å². The van der Waals surface area contributed by atoms with Crippen LogP contribution in [0.1, 0.15) is 12.8 Å². The fraction of sp³-hybridized carbons (Fsp3) is 0.833. The van der Waals surface area contributed by atoms with Crippen LogP contribution in [0.5, 0.6) is 0 Å². The van der Waals surface area contributed by atoms with Crippen molar-refractivity contribution >= 4 is 17.6 Å². The number of thioether (sulfide) groups is 1. The van der Waals surface area contributed by atoms with Crippen LogP contribution in [-0.4, -0.2) is 23.9 Å². The minimum atomic E-state index is 0.720. The molecule has 1 aliphatic heterocycles. The molecule has 0 spiro atoms. The summed E-state index contributed by atoms with van der Waals surface area (Å²) in [7, 11) is 0. The van der Waals surface area contributed by atoms with Crippen molar-refractivity contribution in [2.45, 2.75) is 18.1 Å². The van der Waals surface area contributed by atoms with Crippen LogP contribution in [0.2, 0.25) is 0 Å². The van der Waals surface area contributed by atoms with Gasteiger partial charge >= 0.3 is 0 Å². The summed E-state index contributed by atoms with van der Waals surface area (Å²) >= 11 is 1.89. The second kappa shape index (κ2) is 3.11. The third kappa shape index (κ3) is 1.90. The molecule has 0 aromatic heterocycles. The van der Waals surface area contributed by atoms with Gasteiger partial charge in [0.1, 0.15) is 0 Å². The Kier molecular flexibility index (Phi) is 2.39. The topological polar surface area (TPSA) is 38.4 Å². The normalized spacial score (nSPS) is 27.7. The van der Waals surface area contributed by atoms with Gasteiger partial charge in [-0.3, -0.25) is 4.99 Å². The molecule has 1 unspecified atom stereocenters. The Hall–Kier alpha value is -0.180. The van der Waals surface area contributed by atoms with Crippen LogP contribution in [0.3, 0.4) is 0 Å². The summed E-state index contributed by atoms with van der Waals surface area (Å²) in [6, 6.07) is 0. The molecule has 0 amide bonds. The average Bonchev–Trinajstić information content (AvgIpc) is 1.90. The van der Waals surface area contributed by atoms with Gasteiger partial charge in [0.2, 0.25) is 0 Å². The van der Waals surface area contributed by atoms with Gasteiger partial charge in [0.05, 0.1) is 12.4 Å². The van der Waals surface area contributed by atoms with Crippen LogP contribution in [0.25, 0.3) is 0 Å². The van der Waals surface area contributed by atoms with E-state index in [0.29, 0.717) is 0 Å². The summed E-state index contributed by atoms with van der Waals surface area (Å²) in [6.45, 7) is 0.924. The molecular weight excluding hydrogens is 132 g/mol. The van der Waals surface area contributed by atoms with Gasteiger partial charge in [0.15, 0.2) is 0 Å². The van der Waals surface area contributed by atoms with Gasteiger partial charge in [-0.15, -0.1) is 0 Å². The molecule has 9 heavy (non-hydrogen) atoms. The summed E-state index contributed by atoms with van der Waals surface area (Å²) in [4.78, 5) is 4.16. The summed E-state index contributed by atoms with van der Waals surface area (Å²) in [5.74, 6) is 0.834. The fourth-order valence-electron chi connectivity index (χ4n) is 0.891. The van der Waals surface area contributed by atoms with Crippen LogP contribution < -0.4 is 5.73 Å². The van der Waals surface area contributed by atoms with Crippen molar-refractivity contribution in [3.8, 4) is 0 Å². The Labute approximate surface area is 59.9 Å². The lowest BCUT2D eigenvalue weighted by atomic mass is 10.2. The first-order chi connectivity index (χ1) is 4.33. The number of aliphatic imine (C=N–C) groups is 1. The molecule has 3 heteroatoms. The van der Waals surface area contributed by atoms with Gasteiger partial charge in [0.25, 0.3) is 0 Å². The second-order valence-electron chi connectivity index (χ2n) is 2.23. The van der Waals surface area contributed by atoms with Gasteiger partial charge in [-0.2, -0.15) is 11.8 Å². The van der Waals surface area contributed by atoms with E-state index in [-0.39, 0.29) is 0 Å². The predicted molar refractivity (Wildman–Crippen MR) is 43.0 cm³/mol. The van der Waals surface area contributed by atoms with Crippen molar-refractivity contribution < 1.29 is 0 Å². The Morgan fingerprint density at radius 2 is 2.56 bits per heavy atom. The number of nitrogens with two attached hydrogens (primary N) is 1. The van der Waals surface area contributed by atoms with Crippen molar-refractivity contribution in [3.05, 3.63) is 0 Å². The Bertz CT molecular complexity index is 122. The lowest BCUT2D eigenvalue weighted by Crippen LogP contribution is -2.22. The van der Waals surface area contributed by atoms with Crippen LogP contribution >= 0.6 is 11.8 Å². The lowest BCUT2D eigenvalue weighted by molar-refractivity contribution is 0.752. The third-order valence-electron chi connectivity index (χ3n) is 1.55. The minimum Gasteiger partial charge on any atom is -0.387 e. The Balaban J connectivity index is 2.36. The first kappa shape index (κ1) is 6.93. The molecule has 52 valence electrons. The highest BCUT2D eigenvalue weighted by Gasteiger charge is 2.11. The van der Waals surface area contributed by atoms with Gasteiger partial charge in [-0.25, -0.2) is 0 Å². The van der Waals surface area contributed by atoms with Crippen LogP contribution in [0.15, 0.2) is 4.99 Å². The molecular formula is C6H12N2S. The largest absolute Gasteiger partial charge is 0.387 e. The maximum atomic E-state index is 5.49. The average molecular weight is 144 g/mol. The molecule has 0 saturated heterocycles. The van der Waals surface area contributed by atoms with Crippen LogP contribution in [-0.2, 0) is 0 Å². The third-order valence-corrected chi connectivity index (χ3v) is 2.61. The highest BCUT2D eigenvalue weighted by atomic mass is 32.2. The van der Waals surface area contributed by atoms with E-state index >= 15 is 0 Å². The number of hydrogen-bond donors (Lipinski definition) is 1. The van der Waals surface area contributed by atoms with E-state index in [1.807, 2.05) is 11.8 Å². The van der Waals surface area contributed by atoms with Crippen molar-refractivity contribution in [1.82, 2.24) is 0 Å². The van der Waals surface area contributed by atoms with E-state index in [2.05, 4.69) is 11.2 Å². The quantitative estimate of drug-likeness (QED) is 0.593. The zero-order valence-electron chi connectivity index (χ0n) is 5.63. The highest BCUT2D eigenvalue weighted by Crippen LogP contribution is 2.16. The molecule has 0 bridgehead atoms. The van der Waals surface area contributed by atoms with Crippen molar-refractivity contribution in [3.63, 3.8) is 0 Å². The maximum Gasteiger partial charge on any atom is 0.0937 e. The number of rotatable bonds is 1. The second-order valence-corrected chi connectivity index (χ2v) is 3.37. The smallest absolute Gasteiger partial charge is 0.0937 e. The molecule has 0 saturated carbocycles. The number of nitrogens with zero attached hydrogens (tertiary/aromatic N) is 1. The van der Waals surface area contributed by atoms with E-state index in [1.54, 1.807) is 0 Å². The van der Waals surface area contributed by atoms with E-state index in [0.717, 1.165) is 24.1 Å². The summed E-state index contributed by atoms with van der Waals surface area (Å²) in [5.41, 5.74) is 5.49. The van der Waals surface area contributed by atoms with Gasteiger partial charge in [-0.1, -0.05) is 0 Å². The zero-order chi connectivity index (χ0) is 6.69. The molecule has 2 nitrogen and oxygen atoms in total. The molecule has 0 fully saturated rings. The standard InChI is InChI=1S/C6H12N2S/c1-9-5-2-3-6(7)8-4-5/h5H,2-4H2,1H3,(H2,7,8). The van der Waals surface area contributed by atoms with Crippen LogP contribution in [0, 0.1) is 0 Å². The molecule has 1 atom stereocenters. The lowest BCUT2D eigenvalue weighted by Gasteiger charge is -2.16. The van der Waals surface area contributed by atoms with Crippen molar-refractivity contribution in [2.75, 3.05) is 12.8 Å². The first-order valence-electron chi connectivity index (χ1n) is 3.14. The van der Waals surface area contributed by atoms with Crippen molar-refractivity contribution in [2.24, 2.45) is 10.7 Å². The van der Waals surface area contributed by atoms with Gasteiger partial charge in [0, 0.05) is 11.7 Å². The van der Waals surface area contributed by atoms with E-state index in [1.165, 1.54) is 6.42 Å². The molecule has 1 rings (SSSR count). The monoisotopic (exact) mass is 144 g/mol. The molecule has 0 aliphatic carbocycles. The van der Waals surface area contributed by atoms with E-state index < -0.39 is 0 Å². The molecule has 2 N–H and O–H groups in total. The molecule has 0 aromatic rings. The zero-order valence-corrected chi connectivity index (χ0v) is 6.45. The first-order valence-corrected chi connectivity index (χ1v) is 4.43. The summed E-state index contributed by atoms with van der Waals surface area (Å²) < 4.78 is 0. The fourth-order valence-corrected chi connectivity index (χ4v) is 1.47. The molecule has 1 aliphatic rings.